The molecule has 0 bridgehead atoms. The third-order valence-corrected chi connectivity index (χ3v) is 4.75. The molecule has 5 N–H and O–H groups in total. The van der Waals surface area contributed by atoms with Gasteiger partial charge < -0.3 is 20.6 Å². The van der Waals surface area contributed by atoms with Gasteiger partial charge in [-0.1, -0.05) is 43.4 Å². The number of primary amides is 1. The van der Waals surface area contributed by atoms with E-state index in [1.807, 2.05) is 25.1 Å². The normalized spacial score (nSPS) is 11.5. The number of anilines is 1. The molecule has 29 heavy (non-hydrogen) atoms. The number of amides is 3. The van der Waals surface area contributed by atoms with Gasteiger partial charge in [-0.05, 0) is 41.5 Å². The number of rotatable bonds is 5. The molecule has 0 aliphatic rings. The Morgan fingerprint density at radius 1 is 1.14 bits per heavy atom. The maximum atomic E-state index is 12.3. The first-order valence-electron chi connectivity index (χ1n) is 8.74. The lowest BCUT2D eigenvalue weighted by Crippen LogP contribution is -2.34. The fourth-order valence-electron chi connectivity index (χ4n) is 2.95. The van der Waals surface area contributed by atoms with E-state index in [0.29, 0.717) is 11.3 Å². The van der Waals surface area contributed by atoms with Crippen LogP contribution in [0.15, 0.2) is 65.3 Å². The van der Waals surface area contributed by atoms with Gasteiger partial charge in [0.05, 0.1) is 11.8 Å². The van der Waals surface area contributed by atoms with Gasteiger partial charge in [0, 0.05) is 11.6 Å². The van der Waals surface area contributed by atoms with Crippen LogP contribution in [0.5, 0.6) is 5.75 Å². The maximum absolute atomic E-state index is 12.3. The Morgan fingerprint density at radius 3 is 2.55 bits per heavy atom. The number of carbonyl (C=O) groups excluding carboxylic acids is 2. The Morgan fingerprint density at radius 2 is 1.90 bits per heavy atom. The number of nitrogens with one attached hydrogen (secondary N) is 2. The van der Waals surface area contributed by atoms with Crippen molar-refractivity contribution in [3.63, 3.8) is 0 Å². The number of carbonyl (C=O) groups is 2. The van der Waals surface area contributed by atoms with Crippen LogP contribution >= 0.6 is 12.2 Å². The molecule has 2 aromatic carbocycles. The molecule has 3 amide bonds. The highest BCUT2D eigenvalue weighted by Crippen LogP contribution is 2.33. The van der Waals surface area contributed by atoms with E-state index in [-0.39, 0.29) is 28.3 Å². The minimum absolute atomic E-state index is 0.0420. The van der Waals surface area contributed by atoms with Crippen LogP contribution in [-0.4, -0.2) is 22.0 Å². The minimum Gasteiger partial charge on any atom is -0.507 e. The zero-order valence-corrected chi connectivity index (χ0v) is 16.3. The van der Waals surface area contributed by atoms with E-state index < -0.39 is 6.03 Å². The largest absolute Gasteiger partial charge is 0.507 e. The van der Waals surface area contributed by atoms with Gasteiger partial charge in [0.2, 0.25) is 0 Å². The molecule has 3 rings (SSSR count). The standard InChI is InChI=1S/C21H19N3O4S/c1-12(13-8-9-15(17(25)11-13)20(29)24-21(22)27)14-5-2-3-6-16(14)23-19(26)18-7-4-10-28-18/h2-12,25H,1H3,(H,23,26)(H3,22,24,27,29). The van der Waals surface area contributed by atoms with Crippen molar-refractivity contribution in [2.45, 2.75) is 12.8 Å². The van der Waals surface area contributed by atoms with Crippen molar-refractivity contribution in [3.05, 3.63) is 83.3 Å². The number of nitrogens with two attached hydrogens (primary N) is 1. The molecular weight excluding hydrogens is 390 g/mol. The van der Waals surface area contributed by atoms with E-state index in [4.69, 9.17) is 22.4 Å². The summed E-state index contributed by atoms with van der Waals surface area (Å²) in [5, 5.41) is 15.5. The van der Waals surface area contributed by atoms with Crippen LogP contribution < -0.4 is 16.4 Å². The summed E-state index contributed by atoms with van der Waals surface area (Å²) in [5.41, 5.74) is 7.66. The molecule has 0 aliphatic heterocycles. The molecule has 3 aromatic rings. The second-order valence-corrected chi connectivity index (χ2v) is 6.74. The highest BCUT2D eigenvalue weighted by molar-refractivity contribution is 7.80. The molecule has 148 valence electrons. The lowest BCUT2D eigenvalue weighted by atomic mass is 9.91. The first kappa shape index (κ1) is 20.1. The molecule has 1 unspecified atom stereocenters. The van der Waals surface area contributed by atoms with Crippen molar-refractivity contribution in [1.29, 1.82) is 0 Å². The minimum atomic E-state index is -0.798. The van der Waals surface area contributed by atoms with Gasteiger partial charge in [0.15, 0.2) is 5.76 Å². The third kappa shape index (κ3) is 4.61. The lowest BCUT2D eigenvalue weighted by Gasteiger charge is -2.18. The molecule has 7 nitrogen and oxygen atoms in total. The molecule has 0 fully saturated rings. The Balaban J connectivity index is 1.86. The molecular formula is C21H19N3O4S. The van der Waals surface area contributed by atoms with Crippen molar-refractivity contribution < 1.29 is 19.1 Å². The number of benzene rings is 2. The average molecular weight is 409 g/mol. The van der Waals surface area contributed by atoms with Gasteiger partial charge in [-0.25, -0.2) is 4.79 Å². The average Bonchev–Trinajstić information content (AvgIpc) is 3.22. The van der Waals surface area contributed by atoms with Crippen molar-refractivity contribution in [2.24, 2.45) is 5.73 Å². The molecule has 0 aliphatic carbocycles. The number of urea groups is 1. The number of aromatic hydroxyl groups is 1. The Bertz CT molecular complexity index is 1060. The fraction of sp³-hybridized carbons (Fsp3) is 0.0952. The highest BCUT2D eigenvalue weighted by atomic mass is 32.1. The van der Waals surface area contributed by atoms with E-state index in [9.17, 15) is 14.7 Å². The Kier molecular flexibility index (Phi) is 5.94. The van der Waals surface area contributed by atoms with Gasteiger partial charge in [-0.15, -0.1) is 0 Å². The predicted molar refractivity (Wildman–Crippen MR) is 113 cm³/mol. The van der Waals surface area contributed by atoms with Crippen LogP contribution in [-0.2, 0) is 0 Å². The van der Waals surface area contributed by atoms with Gasteiger partial charge in [-0.3, -0.25) is 10.1 Å². The van der Waals surface area contributed by atoms with E-state index in [1.54, 1.807) is 36.4 Å². The lowest BCUT2D eigenvalue weighted by molar-refractivity contribution is 0.0996. The first-order valence-corrected chi connectivity index (χ1v) is 9.15. The molecule has 1 heterocycles. The number of phenolic OH excluding ortho intramolecular Hbond substituents is 1. The fourth-order valence-corrected chi connectivity index (χ4v) is 3.22. The van der Waals surface area contributed by atoms with Crippen molar-refractivity contribution in [3.8, 4) is 5.75 Å². The SMILES string of the molecule is CC(c1ccc(C(=S)NC(N)=O)c(O)c1)c1ccccc1NC(=O)c1ccco1. The molecule has 0 saturated carbocycles. The quantitative estimate of drug-likeness (QED) is 0.479. The van der Waals surface area contributed by atoms with Crippen molar-refractivity contribution in [2.75, 3.05) is 5.32 Å². The van der Waals surface area contributed by atoms with Crippen LogP contribution in [0.25, 0.3) is 0 Å². The second kappa shape index (κ2) is 8.57. The van der Waals surface area contributed by atoms with Gasteiger partial charge >= 0.3 is 6.03 Å². The van der Waals surface area contributed by atoms with Crippen LogP contribution in [0.4, 0.5) is 10.5 Å². The van der Waals surface area contributed by atoms with Crippen LogP contribution in [0.3, 0.4) is 0 Å². The monoisotopic (exact) mass is 409 g/mol. The maximum Gasteiger partial charge on any atom is 0.317 e. The summed E-state index contributed by atoms with van der Waals surface area (Å²) in [6, 6.07) is 14.8. The summed E-state index contributed by atoms with van der Waals surface area (Å²) in [7, 11) is 0. The molecule has 1 atom stereocenters. The number of furan rings is 1. The molecule has 0 radical (unpaired) electrons. The van der Waals surface area contributed by atoms with Gasteiger partial charge in [-0.2, -0.15) is 0 Å². The van der Waals surface area contributed by atoms with Crippen molar-refractivity contribution >= 4 is 34.8 Å². The van der Waals surface area contributed by atoms with Crippen LogP contribution in [0, 0.1) is 0 Å². The summed E-state index contributed by atoms with van der Waals surface area (Å²) >= 11 is 5.07. The molecule has 0 saturated heterocycles. The number of thiocarbonyl (C=S) groups is 1. The number of hydrogen-bond acceptors (Lipinski definition) is 5. The Labute approximate surface area is 172 Å². The van der Waals surface area contributed by atoms with Gasteiger partial charge in [0.25, 0.3) is 5.91 Å². The summed E-state index contributed by atoms with van der Waals surface area (Å²) in [4.78, 5) is 23.4. The summed E-state index contributed by atoms with van der Waals surface area (Å²) in [6.45, 7) is 1.95. The predicted octanol–water partition coefficient (Wildman–Crippen LogP) is 3.73. The topological polar surface area (TPSA) is 118 Å². The molecule has 8 heteroatoms. The molecule has 0 spiro atoms. The number of phenols is 1. The number of hydrogen-bond donors (Lipinski definition) is 4. The zero-order chi connectivity index (χ0) is 21.0. The van der Waals surface area contributed by atoms with E-state index in [0.717, 1.165) is 11.1 Å². The second-order valence-electron chi connectivity index (χ2n) is 6.34. The third-order valence-electron chi connectivity index (χ3n) is 4.42. The highest BCUT2D eigenvalue weighted by Gasteiger charge is 2.18. The van der Waals surface area contributed by atoms with Gasteiger partial charge in [0.1, 0.15) is 10.7 Å². The first-order chi connectivity index (χ1) is 13.9. The zero-order valence-electron chi connectivity index (χ0n) is 15.5. The van der Waals surface area contributed by atoms with E-state index >= 15 is 0 Å². The number of para-hydroxylation sites is 1. The van der Waals surface area contributed by atoms with E-state index in [2.05, 4.69) is 10.6 Å². The summed E-state index contributed by atoms with van der Waals surface area (Å²) < 4.78 is 5.14. The molecule has 1 aromatic heterocycles. The van der Waals surface area contributed by atoms with Crippen molar-refractivity contribution in [1.82, 2.24) is 5.32 Å². The Hall–Kier alpha value is -3.65. The van der Waals surface area contributed by atoms with Crippen LogP contribution in [0.2, 0.25) is 0 Å². The van der Waals surface area contributed by atoms with E-state index in [1.165, 1.54) is 6.26 Å². The summed E-state index contributed by atoms with van der Waals surface area (Å²) in [6.07, 6.45) is 1.44. The summed E-state index contributed by atoms with van der Waals surface area (Å²) in [5.74, 6) is -0.369. The smallest absolute Gasteiger partial charge is 0.317 e. The van der Waals surface area contributed by atoms with Crippen LogP contribution in [0.1, 0.15) is 40.1 Å².